The van der Waals surface area contributed by atoms with Crippen molar-refractivity contribution in [3.05, 3.63) is 59.2 Å². The van der Waals surface area contributed by atoms with Crippen LogP contribution in [0.1, 0.15) is 43.1 Å². The van der Waals surface area contributed by atoms with Crippen molar-refractivity contribution in [1.29, 1.82) is 0 Å². The van der Waals surface area contributed by atoms with Crippen molar-refractivity contribution in [3.63, 3.8) is 0 Å². The molecule has 5 nitrogen and oxygen atoms in total. The number of ether oxygens (including phenoxy) is 1. The molecule has 2 aromatic carbocycles. The van der Waals surface area contributed by atoms with E-state index < -0.39 is 5.97 Å². The number of carbonyl (C=O) groups excluding carboxylic acids is 1. The normalized spacial score (nSPS) is 14.4. The van der Waals surface area contributed by atoms with Crippen molar-refractivity contribution in [2.45, 2.75) is 32.6 Å². The Bertz CT molecular complexity index is 988. The second kappa shape index (κ2) is 9.35. The third-order valence-corrected chi connectivity index (χ3v) is 5.66. The smallest absolute Gasteiger partial charge is 0.357 e. The minimum atomic E-state index is -0.414. The molecule has 30 heavy (non-hydrogen) atoms. The molecule has 0 amide bonds. The van der Waals surface area contributed by atoms with Crippen LogP contribution in [-0.4, -0.2) is 35.6 Å². The standard InChI is InChI=1S/C24H26ClN3O2/c1-2-30-24(29)22-21(17-7-11-19(25)12-8-17)26-23(27-22)18-9-13-20(14-10-18)28-15-5-3-4-6-16-28/h7-14H,2-6,15-16H2,1H3,(H,26,27). The minimum Gasteiger partial charge on any atom is -0.461 e. The van der Waals surface area contributed by atoms with Gasteiger partial charge < -0.3 is 14.6 Å². The number of anilines is 1. The summed E-state index contributed by atoms with van der Waals surface area (Å²) in [5.41, 5.74) is 3.89. The van der Waals surface area contributed by atoms with Crippen LogP contribution in [0.15, 0.2) is 48.5 Å². The summed E-state index contributed by atoms with van der Waals surface area (Å²) in [6.07, 6.45) is 5.11. The van der Waals surface area contributed by atoms with E-state index in [9.17, 15) is 4.79 Å². The van der Waals surface area contributed by atoms with Gasteiger partial charge in [0.15, 0.2) is 5.69 Å². The predicted octanol–water partition coefficient (Wildman–Crippen LogP) is 5.95. The van der Waals surface area contributed by atoms with Crippen molar-refractivity contribution in [2.75, 3.05) is 24.6 Å². The van der Waals surface area contributed by atoms with Gasteiger partial charge in [-0.3, -0.25) is 0 Å². The second-order valence-electron chi connectivity index (χ2n) is 7.48. The number of nitrogens with zero attached hydrogens (tertiary/aromatic N) is 2. The van der Waals surface area contributed by atoms with Crippen molar-refractivity contribution in [2.24, 2.45) is 0 Å². The number of carbonyl (C=O) groups is 1. The summed E-state index contributed by atoms with van der Waals surface area (Å²) in [6, 6.07) is 15.7. The molecule has 0 radical (unpaired) electrons. The summed E-state index contributed by atoms with van der Waals surface area (Å²) in [5, 5.41) is 0.635. The Morgan fingerprint density at radius 1 is 1.00 bits per heavy atom. The fourth-order valence-electron chi connectivity index (χ4n) is 3.84. The lowest BCUT2D eigenvalue weighted by Gasteiger charge is -2.22. The largest absolute Gasteiger partial charge is 0.461 e. The monoisotopic (exact) mass is 423 g/mol. The van der Waals surface area contributed by atoms with Gasteiger partial charge in [-0.1, -0.05) is 36.6 Å². The Labute approximate surface area is 182 Å². The number of hydrogen-bond acceptors (Lipinski definition) is 4. The number of imidazole rings is 1. The Morgan fingerprint density at radius 3 is 2.27 bits per heavy atom. The lowest BCUT2D eigenvalue weighted by atomic mass is 10.1. The average molecular weight is 424 g/mol. The van der Waals surface area contributed by atoms with Gasteiger partial charge in [0, 0.05) is 34.9 Å². The van der Waals surface area contributed by atoms with Crippen LogP contribution in [0.25, 0.3) is 22.6 Å². The van der Waals surface area contributed by atoms with Gasteiger partial charge in [0.05, 0.1) is 6.61 Å². The zero-order valence-corrected chi connectivity index (χ0v) is 17.9. The quantitative estimate of drug-likeness (QED) is 0.515. The summed E-state index contributed by atoms with van der Waals surface area (Å²) < 4.78 is 5.23. The molecule has 1 saturated heterocycles. The molecule has 1 aliphatic rings. The summed E-state index contributed by atoms with van der Waals surface area (Å²) >= 11 is 6.02. The molecule has 0 unspecified atom stereocenters. The Balaban J connectivity index is 1.65. The van der Waals surface area contributed by atoms with Crippen LogP contribution < -0.4 is 4.90 Å². The van der Waals surface area contributed by atoms with Gasteiger partial charge in [-0.05, 0) is 56.2 Å². The SMILES string of the molecule is CCOC(=O)c1[nH]c(-c2ccc(N3CCCCCC3)cc2)nc1-c1ccc(Cl)cc1. The van der Waals surface area contributed by atoms with E-state index in [2.05, 4.69) is 34.1 Å². The van der Waals surface area contributed by atoms with Gasteiger partial charge in [-0.15, -0.1) is 0 Å². The summed E-state index contributed by atoms with van der Waals surface area (Å²) in [4.78, 5) is 22.9. The minimum absolute atomic E-state index is 0.303. The number of esters is 1. The van der Waals surface area contributed by atoms with Crippen LogP contribution in [0.3, 0.4) is 0 Å². The lowest BCUT2D eigenvalue weighted by Crippen LogP contribution is -2.23. The van der Waals surface area contributed by atoms with Crippen LogP contribution >= 0.6 is 11.6 Å². The maximum atomic E-state index is 12.5. The average Bonchev–Trinajstić information content (AvgIpc) is 3.03. The van der Waals surface area contributed by atoms with Gasteiger partial charge in [0.2, 0.25) is 0 Å². The second-order valence-corrected chi connectivity index (χ2v) is 7.92. The molecular weight excluding hydrogens is 398 g/mol. The molecule has 156 valence electrons. The molecule has 0 bridgehead atoms. The van der Waals surface area contributed by atoms with Crippen molar-refractivity contribution < 1.29 is 9.53 Å². The van der Waals surface area contributed by atoms with E-state index in [4.69, 9.17) is 21.3 Å². The number of halogens is 1. The Morgan fingerprint density at radius 2 is 1.63 bits per heavy atom. The summed E-state index contributed by atoms with van der Waals surface area (Å²) in [5.74, 6) is 0.229. The highest BCUT2D eigenvalue weighted by molar-refractivity contribution is 6.30. The van der Waals surface area contributed by atoms with E-state index >= 15 is 0 Å². The Hall–Kier alpha value is -2.79. The van der Waals surface area contributed by atoms with Gasteiger partial charge in [-0.2, -0.15) is 0 Å². The van der Waals surface area contributed by atoms with Crippen molar-refractivity contribution in [1.82, 2.24) is 9.97 Å². The zero-order valence-electron chi connectivity index (χ0n) is 17.2. The number of rotatable bonds is 5. The third-order valence-electron chi connectivity index (χ3n) is 5.41. The molecule has 4 rings (SSSR count). The van der Waals surface area contributed by atoms with Gasteiger partial charge in [0.1, 0.15) is 11.5 Å². The highest BCUT2D eigenvalue weighted by atomic mass is 35.5. The Kier molecular flexibility index (Phi) is 6.38. The van der Waals surface area contributed by atoms with E-state index in [0.29, 0.717) is 28.8 Å². The molecular formula is C24H26ClN3O2. The van der Waals surface area contributed by atoms with Crippen LogP contribution in [0.5, 0.6) is 0 Å². The molecule has 1 fully saturated rings. The van der Waals surface area contributed by atoms with Crippen molar-refractivity contribution >= 4 is 23.3 Å². The van der Waals surface area contributed by atoms with E-state index in [-0.39, 0.29) is 0 Å². The van der Waals surface area contributed by atoms with Crippen molar-refractivity contribution in [3.8, 4) is 22.6 Å². The molecule has 2 heterocycles. The topological polar surface area (TPSA) is 58.2 Å². The predicted molar refractivity (Wildman–Crippen MR) is 121 cm³/mol. The number of H-pyrrole nitrogens is 1. The number of nitrogens with one attached hydrogen (secondary N) is 1. The number of hydrogen-bond donors (Lipinski definition) is 1. The molecule has 0 saturated carbocycles. The molecule has 3 aromatic rings. The first-order valence-electron chi connectivity index (χ1n) is 10.5. The number of aromatic amines is 1. The molecule has 1 N–H and O–H groups in total. The third kappa shape index (κ3) is 4.51. The first kappa shape index (κ1) is 20.5. The highest BCUT2D eigenvalue weighted by Gasteiger charge is 2.21. The van der Waals surface area contributed by atoms with Gasteiger partial charge >= 0.3 is 5.97 Å². The maximum absolute atomic E-state index is 12.5. The fraction of sp³-hybridized carbons (Fsp3) is 0.333. The van der Waals surface area contributed by atoms with E-state index in [1.807, 2.05) is 12.1 Å². The summed E-state index contributed by atoms with van der Waals surface area (Å²) in [6.45, 7) is 4.30. The van der Waals surface area contributed by atoms with Crippen LogP contribution in [-0.2, 0) is 4.74 Å². The zero-order chi connectivity index (χ0) is 20.9. The van der Waals surface area contributed by atoms with E-state index in [0.717, 1.165) is 24.2 Å². The molecule has 1 aliphatic heterocycles. The lowest BCUT2D eigenvalue weighted by molar-refractivity contribution is 0.0521. The molecule has 0 aliphatic carbocycles. The van der Waals surface area contributed by atoms with E-state index in [1.54, 1.807) is 19.1 Å². The molecule has 0 atom stereocenters. The first-order chi connectivity index (χ1) is 14.7. The fourth-order valence-corrected chi connectivity index (χ4v) is 3.96. The molecule has 1 aromatic heterocycles. The number of aromatic nitrogens is 2. The first-order valence-corrected chi connectivity index (χ1v) is 10.9. The highest BCUT2D eigenvalue weighted by Crippen LogP contribution is 2.29. The van der Waals surface area contributed by atoms with Crippen LogP contribution in [0, 0.1) is 0 Å². The molecule has 6 heteroatoms. The maximum Gasteiger partial charge on any atom is 0.357 e. The van der Waals surface area contributed by atoms with Gasteiger partial charge in [0.25, 0.3) is 0 Å². The van der Waals surface area contributed by atoms with Crippen LogP contribution in [0.4, 0.5) is 5.69 Å². The number of benzene rings is 2. The van der Waals surface area contributed by atoms with Gasteiger partial charge in [-0.25, -0.2) is 9.78 Å². The molecule has 0 spiro atoms. The summed E-state index contributed by atoms with van der Waals surface area (Å²) in [7, 11) is 0. The van der Waals surface area contributed by atoms with E-state index in [1.165, 1.54) is 31.4 Å². The van der Waals surface area contributed by atoms with Crippen LogP contribution in [0.2, 0.25) is 5.02 Å².